The zero-order valence-corrected chi connectivity index (χ0v) is 11.4. The minimum atomic E-state index is -0.393. The highest BCUT2D eigenvalue weighted by Gasteiger charge is 2.12. The highest BCUT2D eigenvalue weighted by Crippen LogP contribution is 2.20. The minimum Gasteiger partial charge on any atom is -0.294 e. The van der Waals surface area contributed by atoms with E-state index in [1.54, 1.807) is 6.07 Å². The molecule has 0 amide bonds. The van der Waals surface area contributed by atoms with Crippen LogP contribution in [-0.2, 0) is 12.8 Å². The molecule has 2 rings (SSSR count). The number of ketones is 1. The quantitative estimate of drug-likeness (QED) is 0.753. The summed E-state index contributed by atoms with van der Waals surface area (Å²) in [6, 6.07) is 11.6. The molecular formula is C16H14ClFO. The van der Waals surface area contributed by atoms with Gasteiger partial charge in [-0.2, -0.15) is 0 Å². The van der Waals surface area contributed by atoms with Gasteiger partial charge in [-0.15, -0.1) is 0 Å². The fourth-order valence-corrected chi connectivity index (χ4v) is 2.27. The first kappa shape index (κ1) is 13.8. The van der Waals surface area contributed by atoms with E-state index < -0.39 is 5.82 Å². The number of halogens is 2. The van der Waals surface area contributed by atoms with E-state index in [1.807, 2.05) is 31.2 Å². The summed E-state index contributed by atoms with van der Waals surface area (Å²) >= 11 is 5.94. The Balaban J connectivity index is 2.26. The third kappa shape index (κ3) is 3.21. The molecule has 0 saturated heterocycles. The summed E-state index contributed by atoms with van der Waals surface area (Å²) in [6.45, 7) is 2.01. The van der Waals surface area contributed by atoms with Crippen LogP contribution in [0.1, 0.15) is 28.4 Å². The molecule has 0 N–H and O–H groups in total. The van der Waals surface area contributed by atoms with E-state index >= 15 is 0 Å². The Hall–Kier alpha value is -1.67. The molecule has 0 aliphatic rings. The molecule has 0 bridgehead atoms. The molecule has 0 heterocycles. The van der Waals surface area contributed by atoms with Crippen molar-refractivity contribution in [1.29, 1.82) is 0 Å². The van der Waals surface area contributed by atoms with E-state index in [2.05, 4.69) is 0 Å². The average molecular weight is 277 g/mol. The zero-order chi connectivity index (χ0) is 13.8. The van der Waals surface area contributed by atoms with Crippen molar-refractivity contribution in [1.82, 2.24) is 0 Å². The van der Waals surface area contributed by atoms with E-state index in [-0.39, 0.29) is 12.2 Å². The number of Topliss-reactive ketones (excluding diaryl/α,β-unsaturated/α-hetero) is 1. The van der Waals surface area contributed by atoms with Crippen LogP contribution in [0.4, 0.5) is 4.39 Å². The van der Waals surface area contributed by atoms with Gasteiger partial charge in [-0.3, -0.25) is 4.79 Å². The Bertz CT molecular complexity index is 607. The SMILES string of the molecule is CCc1ccccc1C(=O)Cc1ccc(F)cc1Cl. The topological polar surface area (TPSA) is 17.1 Å². The third-order valence-electron chi connectivity index (χ3n) is 3.06. The maximum Gasteiger partial charge on any atom is 0.167 e. The maximum atomic E-state index is 13.0. The van der Waals surface area contributed by atoms with Gasteiger partial charge in [0, 0.05) is 17.0 Å². The number of aryl methyl sites for hydroxylation is 1. The minimum absolute atomic E-state index is 0.00552. The number of hydrogen-bond donors (Lipinski definition) is 0. The van der Waals surface area contributed by atoms with Crippen molar-refractivity contribution in [3.63, 3.8) is 0 Å². The smallest absolute Gasteiger partial charge is 0.167 e. The lowest BCUT2D eigenvalue weighted by Gasteiger charge is -2.08. The number of carbonyl (C=O) groups is 1. The Morgan fingerprint density at radius 3 is 2.58 bits per heavy atom. The molecule has 0 radical (unpaired) electrons. The van der Waals surface area contributed by atoms with Crippen molar-refractivity contribution in [2.75, 3.05) is 0 Å². The van der Waals surface area contributed by atoms with Gasteiger partial charge in [-0.25, -0.2) is 4.39 Å². The van der Waals surface area contributed by atoms with Gasteiger partial charge in [-0.1, -0.05) is 48.9 Å². The Morgan fingerprint density at radius 2 is 1.89 bits per heavy atom. The molecule has 2 aromatic rings. The maximum absolute atomic E-state index is 13.0. The van der Waals surface area contributed by atoms with E-state index in [9.17, 15) is 9.18 Å². The van der Waals surface area contributed by atoms with E-state index in [0.717, 1.165) is 12.0 Å². The Morgan fingerprint density at radius 1 is 1.16 bits per heavy atom. The lowest BCUT2D eigenvalue weighted by Crippen LogP contribution is -2.07. The van der Waals surface area contributed by atoms with Crippen molar-refractivity contribution in [2.45, 2.75) is 19.8 Å². The summed E-state index contributed by atoms with van der Waals surface area (Å²) in [5, 5.41) is 0.294. The average Bonchev–Trinajstić information content (AvgIpc) is 2.41. The highest BCUT2D eigenvalue weighted by atomic mass is 35.5. The van der Waals surface area contributed by atoms with E-state index in [0.29, 0.717) is 16.1 Å². The van der Waals surface area contributed by atoms with Gasteiger partial charge in [0.05, 0.1) is 0 Å². The van der Waals surface area contributed by atoms with Gasteiger partial charge < -0.3 is 0 Å². The van der Waals surface area contributed by atoms with Crippen molar-refractivity contribution in [3.05, 3.63) is 70.0 Å². The van der Waals surface area contributed by atoms with Gasteiger partial charge in [0.15, 0.2) is 5.78 Å². The second-order valence-corrected chi connectivity index (χ2v) is 4.75. The molecule has 0 saturated carbocycles. The summed E-state index contributed by atoms with van der Waals surface area (Å²) in [7, 11) is 0. The summed E-state index contributed by atoms with van der Waals surface area (Å²) < 4.78 is 13.0. The van der Waals surface area contributed by atoms with E-state index in [1.165, 1.54) is 12.1 Å². The summed E-state index contributed by atoms with van der Waals surface area (Å²) in [5.41, 5.74) is 2.38. The molecule has 0 unspecified atom stereocenters. The van der Waals surface area contributed by atoms with Crippen LogP contribution in [0.25, 0.3) is 0 Å². The molecule has 98 valence electrons. The normalized spacial score (nSPS) is 10.5. The van der Waals surface area contributed by atoms with Crippen LogP contribution >= 0.6 is 11.6 Å². The predicted octanol–water partition coefficient (Wildman–Crippen LogP) is 4.47. The first-order valence-electron chi connectivity index (χ1n) is 6.17. The van der Waals surface area contributed by atoms with Crippen LogP contribution in [0.2, 0.25) is 5.02 Å². The Labute approximate surface area is 117 Å². The summed E-state index contributed by atoms with van der Waals surface area (Å²) in [4.78, 5) is 12.3. The molecular weight excluding hydrogens is 263 g/mol. The van der Waals surface area contributed by atoms with Gasteiger partial charge in [-0.05, 0) is 29.7 Å². The second-order valence-electron chi connectivity index (χ2n) is 4.35. The standard InChI is InChI=1S/C16H14ClFO/c1-2-11-5-3-4-6-14(11)16(19)9-12-7-8-13(18)10-15(12)17/h3-8,10H,2,9H2,1H3. The van der Waals surface area contributed by atoms with Crippen LogP contribution in [0.15, 0.2) is 42.5 Å². The number of hydrogen-bond acceptors (Lipinski definition) is 1. The second kappa shape index (κ2) is 5.98. The fourth-order valence-electron chi connectivity index (χ4n) is 2.03. The molecule has 0 fully saturated rings. The molecule has 0 aromatic heterocycles. The number of carbonyl (C=O) groups excluding carboxylic acids is 1. The van der Waals surface area contributed by atoms with Crippen LogP contribution in [0, 0.1) is 5.82 Å². The van der Waals surface area contributed by atoms with Crippen LogP contribution in [0.5, 0.6) is 0 Å². The van der Waals surface area contributed by atoms with Gasteiger partial charge in [0.25, 0.3) is 0 Å². The molecule has 3 heteroatoms. The van der Waals surface area contributed by atoms with E-state index in [4.69, 9.17) is 11.6 Å². The van der Waals surface area contributed by atoms with Crippen LogP contribution in [0.3, 0.4) is 0 Å². The van der Waals surface area contributed by atoms with Crippen LogP contribution < -0.4 is 0 Å². The molecule has 0 aliphatic heterocycles. The van der Waals surface area contributed by atoms with Crippen molar-refractivity contribution < 1.29 is 9.18 Å². The van der Waals surface area contributed by atoms with Crippen LogP contribution in [-0.4, -0.2) is 5.78 Å². The lowest BCUT2D eigenvalue weighted by atomic mass is 9.97. The molecule has 0 atom stereocenters. The highest BCUT2D eigenvalue weighted by molar-refractivity contribution is 6.31. The lowest BCUT2D eigenvalue weighted by molar-refractivity contribution is 0.0992. The molecule has 2 aromatic carbocycles. The largest absolute Gasteiger partial charge is 0.294 e. The third-order valence-corrected chi connectivity index (χ3v) is 3.42. The number of rotatable bonds is 4. The van der Waals surface area contributed by atoms with Gasteiger partial charge in [0.2, 0.25) is 0 Å². The predicted molar refractivity (Wildman–Crippen MR) is 75.3 cm³/mol. The fraction of sp³-hybridized carbons (Fsp3) is 0.188. The summed E-state index contributed by atoms with van der Waals surface area (Å²) in [5.74, 6) is -0.388. The Kier molecular flexibility index (Phi) is 4.33. The molecule has 19 heavy (non-hydrogen) atoms. The molecule has 1 nitrogen and oxygen atoms in total. The molecule has 0 aliphatic carbocycles. The first-order valence-corrected chi connectivity index (χ1v) is 6.54. The van der Waals surface area contributed by atoms with Crippen molar-refractivity contribution >= 4 is 17.4 Å². The van der Waals surface area contributed by atoms with Crippen molar-refractivity contribution in [2.24, 2.45) is 0 Å². The number of benzene rings is 2. The van der Waals surface area contributed by atoms with Gasteiger partial charge in [0.1, 0.15) is 5.82 Å². The van der Waals surface area contributed by atoms with Gasteiger partial charge >= 0.3 is 0 Å². The van der Waals surface area contributed by atoms with Crippen molar-refractivity contribution in [3.8, 4) is 0 Å². The molecule has 0 spiro atoms. The first-order chi connectivity index (χ1) is 9.11. The monoisotopic (exact) mass is 276 g/mol. The zero-order valence-electron chi connectivity index (χ0n) is 10.6. The summed E-state index contributed by atoms with van der Waals surface area (Å²) in [6.07, 6.45) is 0.995.